The van der Waals surface area contributed by atoms with Gasteiger partial charge in [0, 0.05) is 18.8 Å². The molecule has 6 nitrogen and oxygen atoms in total. The van der Waals surface area contributed by atoms with Gasteiger partial charge in [0.05, 0.1) is 13.7 Å². The van der Waals surface area contributed by atoms with Crippen molar-refractivity contribution in [2.45, 2.75) is 19.4 Å². The van der Waals surface area contributed by atoms with E-state index in [9.17, 15) is 4.79 Å². The number of methoxy groups -OCH3 is 1. The number of likely N-dealkylation sites (N-methyl/N-ethyl adjacent to an activating group) is 1. The molecule has 1 amide bonds. The third-order valence-corrected chi connectivity index (χ3v) is 5.17. The first-order chi connectivity index (χ1) is 13.6. The number of rotatable bonds is 5. The second kappa shape index (κ2) is 8.10. The van der Waals surface area contributed by atoms with Crippen LogP contribution < -0.4 is 19.1 Å². The Morgan fingerprint density at radius 3 is 2.79 bits per heavy atom. The van der Waals surface area contributed by atoms with Crippen molar-refractivity contribution in [3.05, 3.63) is 47.5 Å². The monoisotopic (exact) mass is 382 g/mol. The highest BCUT2D eigenvalue weighted by Crippen LogP contribution is 2.32. The van der Waals surface area contributed by atoms with Gasteiger partial charge in [-0.3, -0.25) is 9.69 Å². The summed E-state index contributed by atoms with van der Waals surface area (Å²) in [5, 5.41) is 0. The van der Waals surface area contributed by atoms with Gasteiger partial charge in [-0.25, -0.2) is 0 Å². The maximum atomic E-state index is 13.0. The van der Waals surface area contributed by atoms with Crippen molar-refractivity contribution in [1.82, 2.24) is 4.90 Å². The van der Waals surface area contributed by atoms with Crippen LogP contribution in [0.2, 0.25) is 0 Å². The molecule has 6 heteroatoms. The summed E-state index contributed by atoms with van der Waals surface area (Å²) in [5.41, 5.74) is 3.28. The van der Waals surface area contributed by atoms with Gasteiger partial charge in [-0.15, -0.1) is 0 Å². The predicted octanol–water partition coefficient (Wildman–Crippen LogP) is 2.88. The molecule has 0 N–H and O–H groups in total. The Hall–Kier alpha value is -2.73. The summed E-state index contributed by atoms with van der Waals surface area (Å²) in [6, 6.07) is 11.9. The molecule has 2 aromatic rings. The standard InChI is InChI=1S/C22H26N2O4/c1-23(14-16-5-8-20-21(12-16)28-11-10-27-20)15-22(25)24-9-3-4-17-13-18(26-2)6-7-19(17)24/h5-8,12-13H,3-4,9-11,14-15H2,1-2H3. The van der Waals surface area contributed by atoms with Crippen LogP contribution >= 0.6 is 0 Å². The van der Waals surface area contributed by atoms with Crippen molar-refractivity contribution >= 4 is 11.6 Å². The molecule has 0 bridgehead atoms. The molecule has 4 rings (SSSR count). The van der Waals surface area contributed by atoms with E-state index in [4.69, 9.17) is 14.2 Å². The average Bonchev–Trinajstić information content (AvgIpc) is 2.72. The molecule has 0 fully saturated rings. The van der Waals surface area contributed by atoms with Crippen LogP contribution in [0.15, 0.2) is 36.4 Å². The molecular formula is C22H26N2O4. The van der Waals surface area contributed by atoms with Gasteiger partial charge in [0.1, 0.15) is 19.0 Å². The Morgan fingerprint density at radius 1 is 1.14 bits per heavy atom. The minimum atomic E-state index is 0.117. The van der Waals surface area contributed by atoms with Crippen molar-refractivity contribution in [3.63, 3.8) is 0 Å². The fraction of sp³-hybridized carbons (Fsp3) is 0.409. The summed E-state index contributed by atoms with van der Waals surface area (Å²) in [6.07, 6.45) is 1.95. The normalized spacial score (nSPS) is 15.3. The van der Waals surface area contributed by atoms with Crippen LogP contribution in [0, 0.1) is 0 Å². The second-order valence-electron chi connectivity index (χ2n) is 7.29. The summed E-state index contributed by atoms with van der Waals surface area (Å²) in [5.74, 6) is 2.52. The van der Waals surface area contributed by atoms with Gasteiger partial charge in [0.25, 0.3) is 0 Å². The smallest absolute Gasteiger partial charge is 0.241 e. The number of benzene rings is 2. The zero-order valence-corrected chi connectivity index (χ0v) is 16.4. The van der Waals surface area contributed by atoms with Gasteiger partial charge in [-0.05, 0) is 61.3 Å². The molecule has 2 heterocycles. The van der Waals surface area contributed by atoms with E-state index in [2.05, 4.69) is 0 Å². The number of fused-ring (bicyclic) bond motifs is 2. The van der Waals surface area contributed by atoms with E-state index in [0.29, 0.717) is 26.3 Å². The molecule has 148 valence electrons. The average molecular weight is 382 g/mol. The van der Waals surface area contributed by atoms with Crippen LogP contribution in [0.1, 0.15) is 17.5 Å². The van der Waals surface area contributed by atoms with Crippen molar-refractivity contribution < 1.29 is 19.0 Å². The molecule has 0 spiro atoms. The van der Waals surface area contributed by atoms with Gasteiger partial charge >= 0.3 is 0 Å². The maximum Gasteiger partial charge on any atom is 0.241 e. The molecule has 2 aliphatic heterocycles. The van der Waals surface area contributed by atoms with Crippen molar-refractivity contribution in [1.29, 1.82) is 0 Å². The second-order valence-corrected chi connectivity index (χ2v) is 7.29. The Bertz CT molecular complexity index is 868. The van der Waals surface area contributed by atoms with Crippen LogP contribution in [0.3, 0.4) is 0 Å². The van der Waals surface area contributed by atoms with Gasteiger partial charge < -0.3 is 19.1 Å². The first-order valence-electron chi connectivity index (χ1n) is 9.68. The van der Waals surface area contributed by atoms with E-state index in [0.717, 1.165) is 47.9 Å². The molecule has 28 heavy (non-hydrogen) atoms. The van der Waals surface area contributed by atoms with E-state index in [1.54, 1.807) is 7.11 Å². The number of anilines is 1. The molecule has 0 atom stereocenters. The highest BCUT2D eigenvalue weighted by Gasteiger charge is 2.24. The van der Waals surface area contributed by atoms with Crippen molar-refractivity contribution in [3.8, 4) is 17.2 Å². The lowest BCUT2D eigenvalue weighted by atomic mass is 10.0. The van der Waals surface area contributed by atoms with Gasteiger partial charge in [-0.2, -0.15) is 0 Å². The minimum absolute atomic E-state index is 0.117. The minimum Gasteiger partial charge on any atom is -0.497 e. The number of ether oxygens (including phenoxy) is 3. The molecular weight excluding hydrogens is 356 g/mol. The Labute approximate surface area is 165 Å². The fourth-order valence-electron chi connectivity index (χ4n) is 3.83. The number of carbonyl (C=O) groups is 1. The van der Waals surface area contributed by atoms with Crippen LogP contribution in [-0.2, 0) is 17.8 Å². The Morgan fingerprint density at radius 2 is 1.96 bits per heavy atom. The zero-order chi connectivity index (χ0) is 19.5. The molecule has 2 aromatic carbocycles. The van der Waals surface area contributed by atoms with Crippen LogP contribution in [0.5, 0.6) is 17.2 Å². The third-order valence-electron chi connectivity index (χ3n) is 5.17. The number of carbonyl (C=O) groups excluding carboxylic acids is 1. The lowest BCUT2D eigenvalue weighted by Gasteiger charge is -2.31. The highest BCUT2D eigenvalue weighted by molar-refractivity contribution is 5.96. The van der Waals surface area contributed by atoms with Crippen molar-refractivity contribution in [2.24, 2.45) is 0 Å². The first-order valence-corrected chi connectivity index (χ1v) is 9.68. The molecule has 0 saturated heterocycles. The lowest BCUT2D eigenvalue weighted by Crippen LogP contribution is -2.41. The highest BCUT2D eigenvalue weighted by atomic mass is 16.6. The first kappa shape index (κ1) is 18.6. The molecule has 0 aromatic heterocycles. The van der Waals surface area contributed by atoms with E-state index in [-0.39, 0.29) is 5.91 Å². The predicted molar refractivity (Wildman–Crippen MR) is 107 cm³/mol. The van der Waals surface area contributed by atoms with Crippen molar-refractivity contribution in [2.75, 3.05) is 45.4 Å². The number of aryl methyl sites for hydroxylation is 1. The summed E-state index contributed by atoms with van der Waals surface area (Å²) in [6.45, 7) is 2.95. The number of amides is 1. The quantitative estimate of drug-likeness (QED) is 0.796. The van der Waals surface area contributed by atoms with Gasteiger partial charge in [-0.1, -0.05) is 6.07 Å². The number of hydrogen-bond donors (Lipinski definition) is 0. The van der Waals surface area contributed by atoms with Crippen LogP contribution in [0.4, 0.5) is 5.69 Å². The van der Waals surface area contributed by atoms with Gasteiger partial charge in [0.2, 0.25) is 5.91 Å². The van der Waals surface area contributed by atoms with Crippen LogP contribution in [0.25, 0.3) is 0 Å². The number of hydrogen-bond acceptors (Lipinski definition) is 5. The molecule has 0 unspecified atom stereocenters. The molecule has 0 radical (unpaired) electrons. The zero-order valence-electron chi connectivity index (χ0n) is 16.4. The summed E-state index contributed by atoms with van der Waals surface area (Å²) in [7, 11) is 3.63. The summed E-state index contributed by atoms with van der Waals surface area (Å²) in [4.78, 5) is 16.9. The SMILES string of the molecule is COc1ccc2c(c1)CCCN2C(=O)CN(C)Cc1ccc2c(c1)OCCO2. The van der Waals surface area contributed by atoms with Crippen LogP contribution in [-0.4, -0.2) is 51.3 Å². The summed E-state index contributed by atoms with van der Waals surface area (Å²) >= 11 is 0. The van der Waals surface area contributed by atoms with Gasteiger partial charge in [0.15, 0.2) is 11.5 Å². The third kappa shape index (κ3) is 3.92. The van der Waals surface area contributed by atoms with E-state index in [1.165, 1.54) is 5.56 Å². The molecule has 2 aliphatic rings. The molecule has 0 saturated carbocycles. The summed E-state index contributed by atoms with van der Waals surface area (Å²) < 4.78 is 16.5. The maximum absolute atomic E-state index is 13.0. The fourth-order valence-corrected chi connectivity index (χ4v) is 3.83. The van der Waals surface area contributed by atoms with E-state index >= 15 is 0 Å². The topological polar surface area (TPSA) is 51.2 Å². The Kier molecular flexibility index (Phi) is 5.39. The Balaban J connectivity index is 1.41. The largest absolute Gasteiger partial charge is 0.497 e. The van der Waals surface area contributed by atoms with E-state index < -0.39 is 0 Å². The lowest BCUT2D eigenvalue weighted by molar-refractivity contribution is -0.119. The van der Waals surface area contributed by atoms with E-state index in [1.807, 2.05) is 53.2 Å². The molecule has 0 aliphatic carbocycles. The number of nitrogens with zero attached hydrogens (tertiary/aromatic N) is 2.